The maximum absolute atomic E-state index is 5.77. The van der Waals surface area contributed by atoms with Crippen LogP contribution in [0.3, 0.4) is 0 Å². The first-order valence-corrected chi connectivity index (χ1v) is 10.3. The molecule has 0 aliphatic carbocycles. The van der Waals surface area contributed by atoms with Gasteiger partial charge < -0.3 is 33.2 Å². The third kappa shape index (κ3) is 4.72. The van der Waals surface area contributed by atoms with Crippen molar-refractivity contribution in [2.75, 3.05) is 49.8 Å². The minimum absolute atomic E-state index is 0.291. The molecule has 33 heavy (non-hydrogen) atoms. The van der Waals surface area contributed by atoms with E-state index in [0.717, 1.165) is 22.4 Å². The standard InChI is InChI=1S/C26H30O7/c1-27-17-10-8-16(9-11-17)26(18-12-22(30-4)24(32-6)14-20(18)28-2)19-13-23(31-5)25(33-7)15-21(19)29-3/h8-15,26H,1-7H3. The Hall–Kier alpha value is -3.74. The van der Waals surface area contributed by atoms with E-state index in [1.165, 1.54) is 0 Å². The predicted molar refractivity (Wildman–Crippen MR) is 126 cm³/mol. The fourth-order valence-corrected chi connectivity index (χ4v) is 3.88. The van der Waals surface area contributed by atoms with E-state index in [9.17, 15) is 0 Å². The largest absolute Gasteiger partial charge is 0.497 e. The Bertz CT molecular complexity index is 1010. The summed E-state index contributed by atoms with van der Waals surface area (Å²) in [5.41, 5.74) is 2.73. The first-order chi connectivity index (χ1) is 16.0. The highest BCUT2D eigenvalue weighted by molar-refractivity contribution is 5.62. The molecule has 176 valence electrons. The molecule has 0 aromatic heterocycles. The zero-order chi connectivity index (χ0) is 24.0. The van der Waals surface area contributed by atoms with Crippen LogP contribution in [0.4, 0.5) is 0 Å². The molecule has 3 aromatic carbocycles. The van der Waals surface area contributed by atoms with Crippen molar-refractivity contribution < 1.29 is 33.2 Å². The Balaban J connectivity index is 2.35. The van der Waals surface area contributed by atoms with Crippen LogP contribution in [-0.2, 0) is 0 Å². The molecule has 7 nitrogen and oxygen atoms in total. The summed E-state index contributed by atoms with van der Waals surface area (Å²) in [5.74, 6) is 4.08. The predicted octanol–water partition coefficient (Wildman–Crippen LogP) is 4.93. The molecule has 7 heteroatoms. The fourth-order valence-electron chi connectivity index (χ4n) is 3.88. The summed E-state index contributed by atoms with van der Waals surface area (Å²) in [7, 11) is 11.3. The van der Waals surface area contributed by atoms with E-state index >= 15 is 0 Å². The molecule has 0 bridgehead atoms. The fraction of sp³-hybridized carbons (Fsp3) is 0.308. The maximum atomic E-state index is 5.77. The molecule has 0 aliphatic rings. The molecule has 0 atom stereocenters. The average Bonchev–Trinajstić information content (AvgIpc) is 2.88. The second-order valence-corrected chi connectivity index (χ2v) is 7.10. The van der Waals surface area contributed by atoms with Crippen molar-refractivity contribution in [2.45, 2.75) is 5.92 Å². The lowest BCUT2D eigenvalue weighted by molar-refractivity contribution is 0.345. The number of hydrogen-bond acceptors (Lipinski definition) is 7. The molecular weight excluding hydrogens is 424 g/mol. The summed E-state index contributed by atoms with van der Waals surface area (Å²) in [5, 5.41) is 0. The Labute approximate surface area is 194 Å². The van der Waals surface area contributed by atoms with Gasteiger partial charge in [-0.2, -0.15) is 0 Å². The molecule has 0 amide bonds. The minimum Gasteiger partial charge on any atom is -0.497 e. The Morgan fingerprint density at radius 1 is 0.424 bits per heavy atom. The molecule has 3 aromatic rings. The average molecular weight is 455 g/mol. The third-order valence-electron chi connectivity index (χ3n) is 5.54. The Kier molecular flexibility index (Phi) is 7.77. The number of methoxy groups -OCH3 is 7. The molecule has 0 radical (unpaired) electrons. The quantitative estimate of drug-likeness (QED) is 0.403. The van der Waals surface area contributed by atoms with Gasteiger partial charge in [0.1, 0.15) is 17.2 Å². The SMILES string of the molecule is COc1ccc(C(c2cc(OC)c(OC)cc2OC)c2cc(OC)c(OC)cc2OC)cc1. The topological polar surface area (TPSA) is 64.6 Å². The van der Waals surface area contributed by atoms with Crippen LogP contribution in [0.1, 0.15) is 22.6 Å². The summed E-state index contributed by atoms with van der Waals surface area (Å²) in [6, 6.07) is 15.3. The van der Waals surface area contributed by atoms with Crippen LogP contribution in [0.2, 0.25) is 0 Å². The van der Waals surface area contributed by atoms with Crippen LogP contribution in [-0.4, -0.2) is 49.8 Å². The Morgan fingerprint density at radius 2 is 0.788 bits per heavy atom. The molecular formula is C26H30O7. The van der Waals surface area contributed by atoms with E-state index in [1.54, 1.807) is 49.8 Å². The van der Waals surface area contributed by atoms with Gasteiger partial charge in [-0.3, -0.25) is 0 Å². The molecule has 0 N–H and O–H groups in total. The number of ether oxygens (including phenoxy) is 7. The first kappa shape index (κ1) is 23.9. The maximum Gasteiger partial charge on any atom is 0.164 e. The second-order valence-electron chi connectivity index (χ2n) is 7.10. The van der Waals surface area contributed by atoms with E-state index in [2.05, 4.69) is 0 Å². The lowest BCUT2D eigenvalue weighted by Crippen LogP contribution is -2.09. The summed E-state index contributed by atoms with van der Waals surface area (Å²) < 4.78 is 39.1. The molecule has 0 saturated carbocycles. The van der Waals surface area contributed by atoms with E-state index < -0.39 is 0 Å². The van der Waals surface area contributed by atoms with E-state index in [-0.39, 0.29) is 5.92 Å². The van der Waals surface area contributed by atoms with Gasteiger partial charge in [0.15, 0.2) is 23.0 Å². The van der Waals surface area contributed by atoms with Crippen molar-refractivity contribution in [1.29, 1.82) is 0 Å². The van der Waals surface area contributed by atoms with Gasteiger partial charge in [-0.25, -0.2) is 0 Å². The monoisotopic (exact) mass is 454 g/mol. The smallest absolute Gasteiger partial charge is 0.164 e. The Morgan fingerprint density at radius 3 is 1.12 bits per heavy atom. The minimum atomic E-state index is -0.291. The molecule has 0 unspecified atom stereocenters. The van der Waals surface area contributed by atoms with Gasteiger partial charge >= 0.3 is 0 Å². The van der Waals surface area contributed by atoms with Crippen LogP contribution < -0.4 is 33.2 Å². The van der Waals surface area contributed by atoms with Crippen LogP contribution in [0.25, 0.3) is 0 Å². The van der Waals surface area contributed by atoms with Gasteiger partial charge in [-0.15, -0.1) is 0 Å². The summed E-state index contributed by atoms with van der Waals surface area (Å²) in [6.45, 7) is 0. The third-order valence-corrected chi connectivity index (χ3v) is 5.54. The summed E-state index contributed by atoms with van der Waals surface area (Å²) in [4.78, 5) is 0. The highest BCUT2D eigenvalue weighted by atomic mass is 16.5. The van der Waals surface area contributed by atoms with Crippen molar-refractivity contribution in [3.8, 4) is 40.2 Å². The van der Waals surface area contributed by atoms with Crippen LogP contribution in [0.5, 0.6) is 40.2 Å². The number of rotatable bonds is 10. The zero-order valence-corrected chi connectivity index (χ0v) is 20.1. The van der Waals surface area contributed by atoms with Gasteiger partial charge in [0.2, 0.25) is 0 Å². The van der Waals surface area contributed by atoms with Gasteiger partial charge in [-0.1, -0.05) is 12.1 Å². The molecule has 0 heterocycles. The van der Waals surface area contributed by atoms with Crippen molar-refractivity contribution in [3.63, 3.8) is 0 Å². The van der Waals surface area contributed by atoms with Crippen LogP contribution >= 0.6 is 0 Å². The van der Waals surface area contributed by atoms with Crippen molar-refractivity contribution >= 4 is 0 Å². The molecule has 0 spiro atoms. The normalized spacial score (nSPS) is 10.5. The molecule has 3 rings (SSSR count). The van der Waals surface area contributed by atoms with Gasteiger partial charge in [-0.05, 0) is 29.8 Å². The second kappa shape index (κ2) is 10.7. The molecule has 0 saturated heterocycles. The van der Waals surface area contributed by atoms with E-state index in [1.807, 2.05) is 48.5 Å². The number of hydrogen-bond donors (Lipinski definition) is 0. The highest BCUT2D eigenvalue weighted by Gasteiger charge is 2.28. The highest BCUT2D eigenvalue weighted by Crippen LogP contribution is 2.48. The van der Waals surface area contributed by atoms with Crippen LogP contribution in [0.15, 0.2) is 48.5 Å². The van der Waals surface area contributed by atoms with Gasteiger partial charge in [0.25, 0.3) is 0 Å². The van der Waals surface area contributed by atoms with E-state index in [0.29, 0.717) is 34.5 Å². The molecule has 0 fully saturated rings. The lowest BCUT2D eigenvalue weighted by atomic mass is 9.83. The summed E-state index contributed by atoms with van der Waals surface area (Å²) >= 11 is 0. The molecule has 0 aliphatic heterocycles. The summed E-state index contributed by atoms with van der Waals surface area (Å²) in [6.07, 6.45) is 0. The van der Waals surface area contributed by atoms with Crippen molar-refractivity contribution in [2.24, 2.45) is 0 Å². The number of benzene rings is 3. The van der Waals surface area contributed by atoms with Gasteiger partial charge in [0.05, 0.1) is 49.8 Å². The van der Waals surface area contributed by atoms with Gasteiger partial charge in [0, 0.05) is 29.2 Å². The van der Waals surface area contributed by atoms with E-state index in [4.69, 9.17) is 33.2 Å². The van der Waals surface area contributed by atoms with Crippen molar-refractivity contribution in [3.05, 3.63) is 65.2 Å². The zero-order valence-electron chi connectivity index (χ0n) is 20.1. The lowest BCUT2D eigenvalue weighted by Gasteiger charge is -2.25. The van der Waals surface area contributed by atoms with Crippen LogP contribution in [0, 0.1) is 0 Å². The van der Waals surface area contributed by atoms with Crippen molar-refractivity contribution in [1.82, 2.24) is 0 Å². The first-order valence-electron chi connectivity index (χ1n) is 10.3.